The Morgan fingerprint density at radius 2 is 1.68 bits per heavy atom. The first-order valence-corrected chi connectivity index (χ1v) is 12.4. The van der Waals surface area contributed by atoms with Gasteiger partial charge in [0, 0.05) is 28.3 Å². The largest absolute Gasteiger partial charge is 0.443 e. The van der Waals surface area contributed by atoms with Crippen molar-refractivity contribution < 1.29 is 32.3 Å². The predicted molar refractivity (Wildman–Crippen MR) is 136 cm³/mol. The number of imide groups is 1. The molecule has 2 spiro atoms. The number of thiocarbonyl (C=S) groups is 1. The maximum Gasteiger partial charge on any atom is 0.421 e. The van der Waals surface area contributed by atoms with E-state index in [9.17, 15) is 14.4 Å². The first-order valence-electron chi connectivity index (χ1n) is 11.2. The van der Waals surface area contributed by atoms with Crippen molar-refractivity contribution in [2.45, 2.75) is 43.5 Å². The van der Waals surface area contributed by atoms with Crippen LogP contribution in [0.5, 0.6) is 0 Å². The Balaban J connectivity index is 1.85. The highest BCUT2D eigenvalue weighted by Gasteiger charge is 2.81. The molecule has 0 aliphatic carbocycles. The first-order chi connectivity index (χ1) is 17.1. The summed E-state index contributed by atoms with van der Waals surface area (Å²) in [5.41, 5.74) is -6.03. The number of nitrogens with one attached hydrogen (secondary N) is 1. The van der Waals surface area contributed by atoms with E-state index in [1.165, 1.54) is 43.4 Å². The summed E-state index contributed by atoms with van der Waals surface area (Å²) in [6.07, 6.45) is -6.26. The second-order valence-electron chi connectivity index (χ2n) is 10.2. The number of benzene rings is 2. The third-order valence-electron chi connectivity index (χ3n) is 6.94. The SMILES string of the molecule is CN1C(=O)[C@]2(NC(=S)[C@]3(C(=O)N(C(=O)OC(C)(C)C)c4cccc(Br)c43)[C@@H]2C(F)(F)F)c2ccccc21. The van der Waals surface area contributed by atoms with Crippen LogP contribution in [0, 0.1) is 5.92 Å². The number of carbonyl (C=O) groups is 3. The van der Waals surface area contributed by atoms with E-state index in [2.05, 4.69) is 21.2 Å². The van der Waals surface area contributed by atoms with Crippen molar-refractivity contribution in [1.29, 1.82) is 0 Å². The van der Waals surface area contributed by atoms with Gasteiger partial charge in [0.05, 0.1) is 10.7 Å². The molecule has 194 valence electrons. The molecule has 5 rings (SSSR count). The van der Waals surface area contributed by atoms with Crippen LogP contribution in [0.2, 0.25) is 0 Å². The lowest BCUT2D eigenvalue weighted by molar-refractivity contribution is -0.203. The summed E-state index contributed by atoms with van der Waals surface area (Å²) in [5, 5.41) is 2.66. The highest BCUT2D eigenvalue weighted by molar-refractivity contribution is 9.10. The van der Waals surface area contributed by atoms with Gasteiger partial charge in [0.15, 0.2) is 5.54 Å². The molecule has 12 heteroatoms. The van der Waals surface area contributed by atoms with Gasteiger partial charge in [-0.2, -0.15) is 13.2 Å². The number of hydrogen-bond donors (Lipinski definition) is 1. The number of halogens is 4. The fourth-order valence-electron chi connectivity index (χ4n) is 5.73. The average molecular weight is 596 g/mol. The Kier molecular flexibility index (Phi) is 5.38. The maximum absolute atomic E-state index is 15.3. The van der Waals surface area contributed by atoms with E-state index in [1.807, 2.05) is 0 Å². The smallest absolute Gasteiger partial charge is 0.421 e. The summed E-state index contributed by atoms with van der Waals surface area (Å²) < 4.78 is 51.6. The number of nitrogens with zero attached hydrogens (tertiary/aromatic N) is 2. The minimum atomic E-state index is -5.12. The number of para-hydroxylation sites is 1. The highest BCUT2D eigenvalue weighted by atomic mass is 79.9. The van der Waals surface area contributed by atoms with Crippen molar-refractivity contribution in [1.82, 2.24) is 5.32 Å². The molecule has 1 fully saturated rings. The monoisotopic (exact) mass is 595 g/mol. The molecule has 0 unspecified atom stereocenters. The molecule has 2 aromatic rings. The third-order valence-corrected chi connectivity index (χ3v) is 8.02. The topological polar surface area (TPSA) is 79.0 Å². The number of fused-ring (bicyclic) bond motifs is 4. The van der Waals surface area contributed by atoms with Gasteiger partial charge in [-0.05, 0) is 39.0 Å². The second-order valence-corrected chi connectivity index (χ2v) is 11.4. The number of carbonyl (C=O) groups excluding carboxylic acids is 3. The molecule has 3 amide bonds. The van der Waals surface area contributed by atoms with Crippen LogP contribution in [0.4, 0.5) is 29.3 Å². The molecule has 0 radical (unpaired) electrons. The fraction of sp³-hybridized carbons (Fsp3) is 0.360. The van der Waals surface area contributed by atoms with Gasteiger partial charge in [-0.3, -0.25) is 9.59 Å². The summed E-state index contributed by atoms with van der Waals surface area (Å²) in [5.74, 6) is -4.82. The van der Waals surface area contributed by atoms with Crippen LogP contribution in [-0.2, 0) is 25.3 Å². The van der Waals surface area contributed by atoms with Crippen LogP contribution in [0.25, 0.3) is 0 Å². The number of likely N-dealkylation sites (N-methyl/N-ethyl adjacent to an activating group) is 1. The van der Waals surface area contributed by atoms with Gasteiger partial charge in [0.1, 0.15) is 16.9 Å². The fourth-order valence-corrected chi connectivity index (χ4v) is 6.87. The van der Waals surface area contributed by atoms with E-state index in [1.54, 1.807) is 26.8 Å². The minimum Gasteiger partial charge on any atom is -0.443 e. The number of anilines is 2. The zero-order valence-electron chi connectivity index (χ0n) is 20.1. The number of rotatable bonds is 0. The standard InChI is InChI=1S/C25H21BrF3N3O4S/c1-22(2,3)36-21(35)32-15-11-7-9-13(26)16(15)23(19(32)33)17(25(27,28)29)24(30-18(23)37)12-8-5-6-10-14(12)31(4)20(24)34/h5-11,17H,1-4H3,(H,30,37)/t17-,23+,24-/m0/s1. The molecular weight excluding hydrogens is 575 g/mol. The molecule has 1 saturated heterocycles. The molecule has 37 heavy (non-hydrogen) atoms. The minimum absolute atomic E-state index is 0.0428. The molecule has 3 atom stereocenters. The first kappa shape index (κ1) is 25.7. The average Bonchev–Trinajstić information content (AvgIpc) is 3.29. The molecule has 7 nitrogen and oxygen atoms in total. The summed E-state index contributed by atoms with van der Waals surface area (Å²) >= 11 is 8.82. The van der Waals surface area contributed by atoms with E-state index < -0.39 is 51.5 Å². The molecule has 2 aromatic carbocycles. The van der Waals surface area contributed by atoms with Crippen LogP contribution in [0.15, 0.2) is 46.9 Å². The van der Waals surface area contributed by atoms with Gasteiger partial charge in [-0.15, -0.1) is 0 Å². The lowest BCUT2D eigenvalue weighted by Crippen LogP contribution is -2.59. The summed E-state index contributed by atoms with van der Waals surface area (Å²) in [4.78, 5) is 42.4. The Bertz CT molecular complexity index is 1410. The molecular formula is C25H21BrF3N3O4S. The zero-order chi connectivity index (χ0) is 27.3. The van der Waals surface area contributed by atoms with E-state index >= 15 is 13.2 Å². The number of alkyl halides is 3. The highest BCUT2D eigenvalue weighted by Crippen LogP contribution is 2.64. The van der Waals surface area contributed by atoms with Gasteiger partial charge >= 0.3 is 12.3 Å². The maximum atomic E-state index is 15.3. The molecule has 1 N–H and O–H groups in total. The van der Waals surface area contributed by atoms with Crippen molar-refractivity contribution in [3.8, 4) is 0 Å². The van der Waals surface area contributed by atoms with Gasteiger partial charge in [-0.25, -0.2) is 9.69 Å². The van der Waals surface area contributed by atoms with Crippen molar-refractivity contribution >= 4 is 62.4 Å². The van der Waals surface area contributed by atoms with Crippen LogP contribution in [-0.4, -0.2) is 41.7 Å². The number of amides is 3. The van der Waals surface area contributed by atoms with Crippen LogP contribution < -0.4 is 15.1 Å². The van der Waals surface area contributed by atoms with E-state index in [0.717, 1.165) is 4.90 Å². The van der Waals surface area contributed by atoms with E-state index in [0.29, 0.717) is 4.90 Å². The lowest BCUT2D eigenvalue weighted by Gasteiger charge is -2.37. The Hall–Kier alpha value is -2.99. The third kappa shape index (κ3) is 3.17. The summed E-state index contributed by atoms with van der Waals surface area (Å²) in [6.45, 7) is 4.72. The van der Waals surface area contributed by atoms with Gasteiger partial charge in [-0.1, -0.05) is 52.4 Å². The Morgan fingerprint density at radius 1 is 1.05 bits per heavy atom. The van der Waals surface area contributed by atoms with Crippen molar-refractivity contribution in [2.75, 3.05) is 16.8 Å². The van der Waals surface area contributed by atoms with Crippen molar-refractivity contribution in [2.24, 2.45) is 5.92 Å². The molecule has 3 aliphatic heterocycles. The second kappa shape index (κ2) is 7.76. The number of hydrogen-bond acceptors (Lipinski definition) is 5. The van der Waals surface area contributed by atoms with Gasteiger partial charge in [0.2, 0.25) is 0 Å². The Morgan fingerprint density at radius 3 is 2.30 bits per heavy atom. The summed E-state index contributed by atoms with van der Waals surface area (Å²) in [7, 11) is 1.37. The predicted octanol–water partition coefficient (Wildman–Crippen LogP) is 4.95. The molecule has 0 bridgehead atoms. The van der Waals surface area contributed by atoms with Crippen molar-refractivity contribution in [3.63, 3.8) is 0 Å². The van der Waals surface area contributed by atoms with Crippen LogP contribution >= 0.6 is 28.1 Å². The normalized spacial score (nSPS) is 26.7. The molecule has 0 aromatic heterocycles. The summed E-state index contributed by atoms with van der Waals surface area (Å²) in [6, 6.07) is 10.4. The molecule has 3 heterocycles. The van der Waals surface area contributed by atoms with Crippen LogP contribution in [0.3, 0.4) is 0 Å². The van der Waals surface area contributed by atoms with Crippen molar-refractivity contribution in [3.05, 3.63) is 58.1 Å². The van der Waals surface area contributed by atoms with Gasteiger partial charge < -0.3 is 15.0 Å². The van der Waals surface area contributed by atoms with E-state index in [-0.39, 0.29) is 27.0 Å². The Labute approximate surface area is 224 Å². The molecule has 3 aliphatic rings. The lowest BCUT2D eigenvalue weighted by atomic mass is 9.64. The number of ether oxygens (including phenoxy) is 1. The zero-order valence-corrected chi connectivity index (χ0v) is 22.5. The quantitative estimate of drug-likeness (QED) is 0.434. The molecule has 0 saturated carbocycles. The van der Waals surface area contributed by atoms with Gasteiger partial charge in [0.25, 0.3) is 11.8 Å². The van der Waals surface area contributed by atoms with E-state index in [4.69, 9.17) is 17.0 Å². The van der Waals surface area contributed by atoms with Crippen LogP contribution in [0.1, 0.15) is 31.9 Å².